The molecule has 0 heterocycles. The van der Waals surface area contributed by atoms with Crippen LogP contribution in [0.25, 0.3) is 0 Å². The molecule has 0 saturated carbocycles. The molecule has 0 unspecified atom stereocenters. The minimum atomic E-state index is 0.176. The van der Waals surface area contributed by atoms with Gasteiger partial charge in [-0.1, -0.05) is 44.9 Å². The summed E-state index contributed by atoms with van der Waals surface area (Å²) in [6.45, 7) is 9.03. The van der Waals surface area contributed by atoms with Crippen LogP contribution in [-0.4, -0.2) is 12.6 Å². The van der Waals surface area contributed by atoms with Gasteiger partial charge in [0.25, 0.3) is 0 Å². The van der Waals surface area contributed by atoms with Crippen LogP contribution in [0.4, 0.5) is 0 Å². The molecule has 1 nitrogen and oxygen atoms in total. The fourth-order valence-corrected chi connectivity index (χ4v) is 2.40. The Morgan fingerprint density at radius 2 is 1.61 bits per heavy atom. The van der Waals surface area contributed by atoms with E-state index in [1.807, 2.05) is 7.05 Å². The van der Waals surface area contributed by atoms with Crippen molar-refractivity contribution in [1.29, 1.82) is 0 Å². The number of benzene rings is 1. The van der Waals surface area contributed by atoms with Gasteiger partial charge in [0.15, 0.2) is 0 Å². The molecule has 0 atom stereocenters. The molecule has 1 heteroatoms. The second kappa shape index (κ2) is 6.94. The predicted octanol–water partition coefficient (Wildman–Crippen LogP) is 4.13. The maximum atomic E-state index is 3.38. The maximum Gasteiger partial charge on any atom is 0.0162 e. The van der Waals surface area contributed by atoms with Crippen molar-refractivity contribution in [3.63, 3.8) is 0 Å². The fourth-order valence-electron chi connectivity index (χ4n) is 2.40. The van der Waals surface area contributed by atoms with Crippen molar-refractivity contribution in [1.82, 2.24) is 5.32 Å². The zero-order valence-electron chi connectivity index (χ0n) is 12.8. The van der Waals surface area contributed by atoms with Crippen LogP contribution in [0.3, 0.4) is 0 Å². The van der Waals surface area contributed by atoms with Crippen molar-refractivity contribution in [2.45, 2.75) is 65.3 Å². The summed E-state index contributed by atoms with van der Waals surface area (Å²) in [7, 11) is 2.04. The molecule has 0 bridgehead atoms. The first-order valence-corrected chi connectivity index (χ1v) is 7.32. The van der Waals surface area contributed by atoms with E-state index in [0.29, 0.717) is 0 Å². The summed E-state index contributed by atoms with van der Waals surface area (Å²) in [6, 6.07) is 7.08. The fraction of sp³-hybridized carbons (Fsp3) is 0.647. The molecular formula is C17H29N. The number of rotatable bonds is 7. The first kappa shape index (κ1) is 15.2. The third-order valence-electron chi connectivity index (χ3n) is 3.63. The van der Waals surface area contributed by atoms with E-state index in [1.165, 1.54) is 31.2 Å². The number of likely N-dealkylation sites (N-methyl/N-ethyl adjacent to an activating group) is 1. The van der Waals surface area contributed by atoms with E-state index in [9.17, 15) is 0 Å². The quantitative estimate of drug-likeness (QED) is 0.764. The lowest BCUT2D eigenvalue weighted by Gasteiger charge is -2.24. The summed E-state index contributed by atoms with van der Waals surface area (Å²) < 4.78 is 0. The van der Waals surface area contributed by atoms with Crippen LogP contribution < -0.4 is 5.32 Å². The summed E-state index contributed by atoms with van der Waals surface area (Å²) in [5, 5.41) is 3.38. The van der Waals surface area contributed by atoms with E-state index in [0.717, 1.165) is 6.42 Å². The van der Waals surface area contributed by atoms with Gasteiger partial charge in [0.1, 0.15) is 0 Å². The molecule has 0 aromatic heterocycles. The highest BCUT2D eigenvalue weighted by Crippen LogP contribution is 2.19. The molecule has 102 valence electrons. The van der Waals surface area contributed by atoms with E-state index in [1.54, 1.807) is 11.1 Å². The zero-order chi connectivity index (χ0) is 13.6. The molecule has 1 aromatic carbocycles. The molecule has 0 amide bonds. The topological polar surface area (TPSA) is 12.0 Å². The Balaban J connectivity index is 2.92. The molecule has 18 heavy (non-hydrogen) atoms. The van der Waals surface area contributed by atoms with E-state index in [4.69, 9.17) is 0 Å². The SMILES string of the molecule is CCCc1ccc(CC(C)(C)NC)cc1CCC. The minimum Gasteiger partial charge on any atom is -0.314 e. The summed E-state index contributed by atoms with van der Waals surface area (Å²) in [5.74, 6) is 0. The van der Waals surface area contributed by atoms with Crippen LogP contribution in [0.15, 0.2) is 18.2 Å². The van der Waals surface area contributed by atoms with Crippen molar-refractivity contribution >= 4 is 0 Å². The van der Waals surface area contributed by atoms with E-state index < -0.39 is 0 Å². The van der Waals surface area contributed by atoms with Crippen LogP contribution in [0, 0.1) is 0 Å². The normalized spacial score (nSPS) is 11.8. The van der Waals surface area contributed by atoms with Crippen molar-refractivity contribution < 1.29 is 0 Å². The predicted molar refractivity (Wildman–Crippen MR) is 81.3 cm³/mol. The largest absolute Gasteiger partial charge is 0.314 e. The number of nitrogens with one attached hydrogen (secondary N) is 1. The molecule has 0 aliphatic heterocycles. The lowest BCUT2D eigenvalue weighted by Crippen LogP contribution is -2.38. The lowest BCUT2D eigenvalue weighted by molar-refractivity contribution is 0.422. The Labute approximate surface area is 113 Å². The van der Waals surface area contributed by atoms with Gasteiger partial charge in [-0.3, -0.25) is 0 Å². The van der Waals surface area contributed by atoms with Crippen LogP contribution in [0.2, 0.25) is 0 Å². The Hall–Kier alpha value is -0.820. The van der Waals surface area contributed by atoms with Gasteiger partial charge in [-0.15, -0.1) is 0 Å². The van der Waals surface area contributed by atoms with Crippen molar-refractivity contribution in [2.24, 2.45) is 0 Å². The van der Waals surface area contributed by atoms with Gasteiger partial charge >= 0.3 is 0 Å². The van der Waals surface area contributed by atoms with Gasteiger partial charge in [-0.05, 0) is 56.8 Å². The van der Waals surface area contributed by atoms with Gasteiger partial charge in [0.2, 0.25) is 0 Å². The molecule has 0 aliphatic carbocycles. The minimum absolute atomic E-state index is 0.176. The van der Waals surface area contributed by atoms with Gasteiger partial charge < -0.3 is 5.32 Å². The second-order valence-electron chi connectivity index (χ2n) is 5.91. The molecule has 0 saturated heterocycles. The molecular weight excluding hydrogens is 218 g/mol. The molecule has 0 spiro atoms. The van der Waals surface area contributed by atoms with Crippen LogP contribution in [0.5, 0.6) is 0 Å². The van der Waals surface area contributed by atoms with E-state index >= 15 is 0 Å². The van der Waals surface area contributed by atoms with Crippen LogP contribution in [-0.2, 0) is 19.3 Å². The van der Waals surface area contributed by atoms with Gasteiger partial charge in [0.05, 0.1) is 0 Å². The molecule has 1 N–H and O–H groups in total. The molecule has 1 aromatic rings. The Kier molecular flexibility index (Phi) is 5.87. The highest BCUT2D eigenvalue weighted by molar-refractivity contribution is 5.33. The zero-order valence-corrected chi connectivity index (χ0v) is 12.8. The first-order chi connectivity index (χ1) is 8.52. The van der Waals surface area contributed by atoms with Crippen LogP contribution >= 0.6 is 0 Å². The number of hydrogen-bond donors (Lipinski definition) is 1. The maximum absolute atomic E-state index is 3.38. The Bertz CT molecular complexity index is 366. The molecule has 0 fully saturated rings. The second-order valence-corrected chi connectivity index (χ2v) is 5.91. The summed E-state index contributed by atoms with van der Waals surface area (Å²) >= 11 is 0. The summed E-state index contributed by atoms with van der Waals surface area (Å²) in [6.07, 6.45) is 5.98. The van der Waals surface area contributed by atoms with Gasteiger partial charge in [-0.2, -0.15) is 0 Å². The smallest absolute Gasteiger partial charge is 0.0162 e. The Morgan fingerprint density at radius 1 is 1.00 bits per heavy atom. The average molecular weight is 247 g/mol. The molecule has 1 rings (SSSR count). The Morgan fingerprint density at radius 3 is 2.17 bits per heavy atom. The highest BCUT2D eigenvalue weighted by Gasteiger charge is 2.15. The monoisotopic (exact) mass is 247 g/mol. The molecule has 0 aliphatic rings. The molecule has 0 radical (unpaired) electrons. The highest BCUT2D eigenvalue weighted by atomic mass is 14.9. The van der Waals surface area contributed by atoms with E-state index in [-0.39, 0.29) is 5.54 Å². The summed E-state index contributed by atoms with van der Waals surface area (Å²) in [4.78, 5) is 0. The van der Waals surface area contributed by atoms with Crippen LogP contribution in [0.1, 0.15) is 57.2 Å². The summed E-state index contributed by atoms with van der Waals surface area (Å²) in [5.41, 5.74) is 4.74. The third kappa shape index (κ3) is 4.45. The average Bonchev–Trinajstić information content (AvgIpc) is 2.33. The van der Waals surface area contributed by atoms with Crippen molar-refractivity contribution in [3.05, 3.63) is 34.9 Å². The van der Waals surface area contributed by atoms with E-state index in [2.05, 4.69) is 51.2 Å². The van der Waals surface area contributed by atoms with Crippen molar-refractivity contribution in [3.8, 4) is 0 Å². The third-order valence-corrected chi connectivity index (χ3v) is 3.63. The lowest BCUT2D eigenvalue weighted by atomic mass is 9.91. The van der Waals surface area contributed by atoms with Crippen molar-refractivity contribution in [2.75, 3.05) is 7.05 Å². The van der Waals surface area contributed by atoms with Gasteiger partial charge in [-0.25, -0.2) is 0 Å². The standard InChI is InChI=1S/C17H29N/c1-6-8-15-11-10-14(12-16(15)9-7-2)13-17(3,4)18-5/h10-12,18H,6-9,13H2,1-5H3. The number of aryl methyl sites for hydroxylation is 2. The van der Waals surface area contributed by atoms with Gasteiger partial charge in [0, 0.05) is 5.54 Å². The number of hydrogen-bond acceptors (Lipinski definition) is 1. The first-order valence-electron chi connectivity index (χ1n) is 7.32.